The van der Waals surface area contributed by atoms with Crippen molar-refractivity contribution in [3.63, 3.8) is 0 Å². The Hall–Kier alpha value is 0. The monoisotopic (exact) mass is 167 g/mol. The summed E-state index contributed by atoms with van der Waals surface area (Å²) in [7, 11) is 0. The molecule has 0 N–H and O–H groups in total. The highest BCUT2D eigenvalue weighted by Crippen LogP contribution is 2.39. The van der Waals surface area contributed by atoms with Crippen molar-refractivity contribution < 1.29 is 0 Å². The van der Waals surface area contributed by atoms with E-state index in [4.69, 9.17) is 0 Å². The number of unbranched alkanes of at least 4 members (excludes halogenated alkanes) is 2. The summed E-state index contributed by atoms with van der Waals surface area (Å²) in [5.74, 6) is 0. The summed E-state index contributed by atoms with van der Waals surface area (Å²) in [6, 6.07) is 0. The van der Waals surface area contributed by atoms with Crippen LogP contribution in [0.2, 0.25) is 0 Å². The zero-order valence-corrected chi connectivity index (χ0v) is 8.73. The third kappa shape index (κ3) is 3.16. The average Bonchev–Trinajstić information content (AvgIpc) is 2.06. The van der Waals surface area contributed by atoms with E-state index in [0.29, 0.717) is 5.41 Å². The SMILES string of the molecule is CCCC[CH]C1(C)CCCCC1. The maximum absolute atomic E-state index is 2.59. The molecule has 0 aromatic carbocycles. The fraction of sp³-hybridized carbons (Fsp3) is 0.917. The Morgan fingerprint density at radius 1 is 1.17 bits per heavy atom. The number of rotatable bonds is 4. The van der Waals surface area contributed by atoms with Gasteiger partial charge in [0, 0.05) is 0 Å². The molecule has 0 spiro atoms. The van der Waals surface area contributed by atoms with Gasteiger partial charge >= 0.3 is 0 Å². The minimum atomic E-state index is 0.605. The van der Waals surface area contributed by atoms with Gasteiger partial charge in [-0.1, -0.05) is 46.0 Å². The summed E-state index contributed by atoms with van der Waals surface area (Å²) in [4.78, 5) is 0. The Kier molecular flexibility index (Phi) is 4.11. The zero-order valence-electron chi connectivity index (χ0n) is 8.73. The highest BCUT2D eigenvalue weighted by molar-refractivity contribution is 4.90. The van der Waals surface area contributed by atoms with Gasteiger partial charge in [-0.3, -0.25) is 0 Å². The van der Waals surface area contributed by atoms with Crippen LogP contribution in [-0.2, 0) is 0 Å². The van der Waals surface area contributed by atoms with Crippen molar-refractivity contribution in [2.24, 2.45) is 5.41 Å². The Morgan fingerprint density at radius 2 is 1.83 bits per heavy atom. The van der Waals surface area contributed by atoms with Gasteiger partial charge in [0.1, 0.15) is 0 Å². The van der Waals surface area contributed by atoms with Gasteiger partial charge in [0.2, 0.25) is 0 Å². The van der Waals surface area contributed by atoms with E-state index in [0.717, 1.165) is 0 Å². The van der Waals surface area contributed by atoms with Crippen molar-refractivity contribution in [3.8, 4) is 0 Å². The summed E-state index contributed by atoms with van der Waals surface area (Å²) < 4.78 is 0. The average molecular weight is 167 g/mol. The van der Waals surface area contributed by atoms with Gasteiger partial charge in [-0.05, 0) is 31.1 Å². The Bertz CT molecular complexity index is 109. The summed E-state index contributed by atoms with van der Waals surface area (Å²) >= 11 is 0. The first-order chi connectivity index (χ1) is 5.77. The van der Waals surface area contributed by atoms with Crippen LogP contribution in [0.1, 0.15) is 65.2 Å². The molecule has 1 rings (SSSR count). The third-order valence-corrected chi connectivity index (χ3v) is 3.19. The van der Waals surface area contributed by atoms with Crippen molar-refractivity contribution in [1.29, 1.82) is 0 Å². The summed E-state index contributed by atoms with van der Waals surface area (Å²) in [6.07, 6.45) is 13.9. The van der Waals surface area contributed by atoms with Crippen molar-refractivity contribution in [2.75, 3.05) is 0 Å². The van der Waals surface area contributed by atoms with E-state index in [-0.39, 0.29) is 0 Å². The van der Waals surface area contributed by atoms with Crippen LogP contribution in [0.3, 0.4) is 0 Å². The zero-order chi connectivity index (χ0) is 8.86. The lowest BCUT2D eigenvalue weighted by atomic mass is 9.72. The van der Waals surface area contributed by atoms with Crippen molar-refractivity contribution in [1.82, 2.24) is 0 Å². The van der Waals surface area contributed by atoms with Crippen molar-refractivity contribution >= 4 is 0 Å². The molecule has 1 saturated carbocycles. The molecule has 0 aromatic rings. The van der Waals surface area contributed by atoms with Gasteiger partial charge in [0.15, 0.2) is 0 Å². The largest absolute Gasteiger partial charge is 0.0654 e. The van der Waals surface area contributed by atoms with E-state index >= 15 is 0 Å². The second kappa shape index (κ2) is 4.89. The fourth-order valence-corrected chi connectivity index (χ4v) is 2.22. The molecule has 0 amide bonds. The Balaban J connectivity index is 2.17. The smallest absolute Gasteiger partial charge is 0.0295 e. The van der Waals surface area contributed by atoms with Crippen molar-refractivity contribution in [3.05, 3.63) is 6.42 Å². The molecule has 0 bridgehead atoms. The molecule has 1 aliphatic carbocycles. The van der Waals surface area contributed by atoms with E-state index in [1.807, 2.05) is 0 Å². The lowest BCUT2D eigenvalue weighted by Gasteiger charge is -2.33. The second-order valence-electron chi connectivity index (χ2n) is 4.56. The predicted molar refractivity (Wildman–Crippen MR) is 55.0 cm³/mol. The molecule has 1 fully saturated rings. The summed E-state index contributed by atoms with van der Waals surface area (Å²) in [5, 5.41) is 0. The molecule has 0 saturated heterocycles. The van der Waals surface area contributed by atoms with Crippen LogP contribution in [0.4, 0.5) is 0 Å². The molecule has 0 nitrogen and oxygen atoms in total. The first-order valence-corrected chi connectivity index (χ1v) is 5.61. The lowest BCUT2D eigenvalue weighted by molar-refractivity contribution is 0.253. The second-order valence-corrected chi connectivity index (χ2v) is 4.56. The molecule has 0 atom stereocenters. The highest BCUT2D eigenvalue weighted by Gasteiger charge is 2.25. The Morgan fingerprint density at radius 3 is 2.42 bits per heavy atom. The van der Waals surface area contributed by atoms with Gasteiger partial charge in [0.05, 0.1) is 0 Å². The minimum Gasteiger partial charge on any atom is -0.0654 e. The summed E-state index contributed by atoms with van der Waals surface area (Å²) in [5.41, 5.74) is 0.605. The first-order valence-electron chi connectivity index (χ1n) is 5.61. The quantitative estimate of drug-likeness (QED) is 0.546. The van der Waals surface area contributed by atoms with Crippen LogP contribution in [0, 0.1) is 11.8 Å². The van der Waals surface area contributed by atoms with Gasteiger partial charge in [-0.25, -0.2) is 0 Å². The third-order valence-electron chi connectivity index (χ3n) is 3.19. The number of hydrogen-bond acceptors (Lipinski definition) is 0. The standard InChI is InChI=1S/C12H23/c1-3-4-6-9-12(2)10-7-5-8-11-12/h9H,3-8,10-11H2,1-2H3. The van der Waals surface area contributed by atoms with E-state index in [1.54, 1.807) is 0 Å². The van der Waals surface area contributed by atoms with Crippen LogP contribution in [0.5, 0.6) is 0 Å². The van der Waals surface area contributed by atoms with Crippen molar-refractivity contribution in [2.45, 2.75) is 65.2 Å². The van der Waals surface area contributed by atoms with Gasteiger partial charge in [-0.2, -0.15) is 0 Å². The molecule has 1 aliphatic rings. The molecule has 1 radical (unpaired) electrons. The molecule has 0 unspecified atom stereocenters. The topological polar surface area (TPSA) is 0 Å². The van der Waals surface area contributed by atoms with E-state index in [1.165, 1.54) is 51.4 Å². The molecule has 0 aromatic heterocycles. The molecule has 12 heavy (non-hydrogen) atoms. The van der Waals surface area contributed by atoms with Crippen LogP contribution in [0.25, 0.3) is 0 Å². The van der Waals surface area contributed by atoms with Gasteiger partial charge in [-0.15, -0.1) is 0 Å². The normalized spacial score (nSPS) is 22.5. The summed E-state index contributed by atoms with van der Waals surface area (Å²) in [6.45, 7) is 4.72. The maximum atomic E-state index is 2.59. The fourth-order valence-electron chi connectivity index (χ4n) is 2.22. The van der Waals surface area contributed by atoms with Crippen LogP contribution in [-0.4, -0.2) is 0 Å². The molecular formula is C12H23. The van der Waals surface area contributed by atoms with Crippen LogP contribution in [0.15, 0.2) is 0 Å². The van der Waals surface area contributed by atoms with Crippen LogP contribution < -0.4 is 0 Å². The number of hydrogen-bond donors (Lipinski definition) is 0. The van der Waals surface area contributed by atoms with E-state index in [9.17, 15) is 0 Å². The molecule has 0 aliphatic heterocycles. The first kappa shape index (κ1) is 10.1. The molecule has 0 heterocycles. The van der Waals surface area contributed by atoms with Crippen LogP contribution >= 0.6 is 0 Å². The van der Waals surface area contributed by atoms with Gasteiger partial charge < -0.3 is 0 Å². The Labute approximate surface area is 77.7 Å². The van der Waals surface area contributed by atoms with E-state index < -0.39 is 0 Å². The minimum absolute atomic E-state index is 0.605. The van der Waals surface area contributed by atoms with E-state index in [2.05, 4.69) is 20.3 Å². The van der Waals surface area contributed by atoms with Gasteiger partial charge in [0.25, 0.3) is 0 Å². The molecule has 0 heteroatoms. The molecule has 71 valence electrons. The lowest BCUT2D eigenvalue weighted by Crippen LogP contribution is -2.20. The molecular weight excluding hydrogens is 144 g/mol. The maximum Gasteiger partial charge on any atom is -0.0295 e. The highest BCUT2D eigenvalue weighted by atomic mass is 14.3. The predicted octanol–water partition coefficient (Wildman–Crippen LogP) is 4.35.